The van der Waals surface area contributed by atoms with Gasteiger partial charge in [-0.25, -0.2) is 5.43 Å². The highest BCUT2D eigenvalue weighted by molar-refractivity contribution is 4.93. The van der Waals surface area contributed by atoms with Crippen LogP contribution < -0.4 is 5.43 Å². The molecule has 0 aliphatic heterocycles. The smallest absolute Gasteiger partial charge is 0.0228 e. The molecular formula is C9H22N2. The van der Waals surface area contributed by atoms with Crippen molar-refractivity contribution in [3.63, 3.8) is 0 Å². The zero-order chi connectivity index (χ0) is 9.28. The van der Waals surface area contributed by atoms with E-state index in [0.717, 1.165) is 6.42 Å². The minimum Gasteiger partial charge on any atom is -0.316 e. The maximum Gasteiger partial charge on any atom is 0.0228 e. The predicted octanol–water partition coefficient (Wildman–Crippen LogP) is 2.39. The number of rotatable bonds is 3. The first kappa shape index (κ1) is 13.1. The Bertz CT molecular complexity index is 97.7. The van der Waals surface area contributed by atoms with Crippen molar-refractivity contribution in [2.45, 2.75) is 34.1 Å². The molecule has 0 aromatic carbocycles. The molecule has 0 heterocycles. The third-order valence-corrected chi connectivity index (χ3v) is 1.36. The lowest BCUT2D eigenvalue weighted by Crippen LogP contribution is -2.28. The zero-order valence-corrected chi connectivity index (χ0v) is 8.73. The molecule has 0 bridgehead atoms. The topological polar surface area (TPSA) is 15.3 Å². The average molecular weight is 158 g/mol. The van der Waals surface area contributed by atoms with Crippen molar-refractivity contribution < 1.29 is 0 Å². The van der Waals surface area contributed by atoms with Crippen molar-refractivity contribution in [3.8, 4) is 0 Å². The van der Waals surface area contributed by atoms with Gasteiger partial charge < -0.3 is 5.01 Å². The van der Waals surface area contributed by atoms with E-state index in [9.17, 15) is 0 Å². The monoisotopic (exact) mass is 158 g/mol. The van der Waals surface area contributed by atoms with E-state index in [4.69, 9.17) is 0 Å². The third kappa shape index (κ3) is 7.40. The molecule has 0 atom stereocenters. The molecule has 68 valence electrons. The second kappa shape index (κ2) is 9.50. The van der Waals surface area contributed by atoms with Crippen LogP contribution in [0.25, 0.3) is 0 Å². The SMILES string of the molecule is CC.CC/C=C(\C)N(C)NC. The number of hydrazine groups is 1. The van der Waals surface area contributed by atoms with Gasteiger partial charge in [-0.1, -0.05) is 26.8 Å². The lowest BCUT2D eigenvalue weighted by Gasteiger charge is -2.17. The van der Waals surface area contributed by atoms with E-state index in [1.54, 1.807) is 0 Å². The largest absolute Gasteiger partial charge is 0.316 e. The summed E-state index contributed by atoms with van der Waals surface area (Å²) in [6.45, 7) is 8.22. The summed E-state index contributed by atoms with van der Waals surface area (Å²) >= 11 is 0. The molecule has 11 heavy (non-hydrogen) atoms. The predicted molar refractivity (Wildman–Crippen MR) is 52.2 cm³/mol. The Balaban J connectivity index is 0. The maximum absolute atomic E-state index is 3.01. The number of nitrogens with zero attached hydrogens (tertiary/aromatic N) is 1. The van der Waals surface area contributed by atoms with Crippen LogP contribution in [0.2, 0.25) is 0 Å². The fourth-order valence-electron chi connectivity index (χ4n) is 0.609. The van der Waals surface area contributed by atoms with Crippen LogP contribution in [0.3, 0.4) is 0 Å². The molecule has 0 aromatic heterocycles. The highest BCUT2D eigenvalue weighted by Gasteiger charge is 1.90. The first-order chi connectivity index (χ1) is 5.22. The fourth-order valence-corrected chi connectivity index (χ4v) is 0.609. The lowest BCUT2D eigenvalue weighted by atomic mass is 10.3. The van der Waals surface area contributed by atoms with Crippen LogP contribution in [0.1, 0.15) is 34.1 Å². The summed E-state index contributed by atoms with van der Waals surface area (Å²) in [5, 5.41) is 1.99. The van der Waals surface area contributed by atoms with Crippen LogP contribution in [0.5, 0.6) is 0 Å². The number of hydrogen-bond acceptors (Lipinski definition) is 2. The molecule has 2 heteroatoms. The van der Waals surface area contributed by atoms with E-state index in [1.807, 2.05) is 33.0 Å². The molecule has 0 spiro atoms. The molecule has 0 aromatic rings. The molecule has 0 aliphatic carbocycles. The van der Waals surface area contributed by atoms with Gasteiger partial charge in [-0.3, -0.25) is 0 Å². The molecule has 1 N–H and O–H groups in total. The van der Waals surface area contributed by atoms with Crippen molar-refractivity contribution >= 4 is 0 Å². The van der Waals surface area contributed by atoms with Gasteiger partial charge in [-0.15, -0.1) is 0 Å². The van der Waals surface area contributed by atoms with Crippen molar-refractivity contribution in [1.29, 1.82) is 0 Å². The quantitative estimate of drug-likeness (QED) is 0.634. The average Bonchev–Trinajstić information content (AvgIpc) is 2.07. The molecule has 0 fully saturated rings. The van der Waals surface area contributed by atoms with Gasteiger partial charge in [0, 0.05) is 19.8 Å². The van der Waals surface area contributed by atoms with E-state index in [2.05, 4.69) is 25.3 Å². The number of allylic oxidation sites excluding steroid dienone is 2. The van der Waals surface area contributed by atoms with Crippen molar-refractivity contribution in [2.75, 3.05) is 14.1 Å². The van der Waals surface area contributed by atoms with Crippen molar-refractivity contribution in [2.24, 2.45) is 0 Å². The van der Waals surface area contributed by atoms with Gasteiger partial charge >= 0.3 is 0 Å². The summed E-state index contributed by atoms with van der Waals surface area (Å²) in [4.78, 5) is 0. The van der Waals surface area contributed by atoms with Gasteiger partial charge in [-0.2, -0.15) is 0 Å². The first-order valence-corrected chi connectivity index (χ1v) is 4.30. The van der Waals surface area contributed by atoms with E-state index >= 15 is 0 Å². The Labute approximate surface area is 71.3 Å². The standard InChI is InChI=1S/C7H16N2.C2H6/c1-5-6-7(2)9(4)8-3;1-2/h6,8H,5H2,1-4H3;1-2H3/b7-6+;. The molecule has 2 nitrogen and oxygen atoms in total. The molecule has 0 radical (unpaired) electrons. The molecular weight excluding hydrogens is 136 g/mol. The Morgan fingerprint density at radius 2 is 1.91 bits per heavy atom. The summed E-state index contributed by atoms with van der Waals surface area (Å²) in [7, 11) is 3.91. The van der Waals surface area contributed by atoms with Crippen LogP contribution in [-0.4, -0.2) is 19.1 Å². The van der Waals surface area contributed by atoms with Crippen molar-refractivity contribution in [3.05, 3.63) is 11.8 Å². The van der Waals surface area contributed by atoms with Gasteiger partial charge in [0.25, 0.3) is 0 Å². The normalized spacial score (nSPS) is 10.2. The Kier molecular flexibility index (Phi) is 11.3. The second-order valence-electron chi connectivity index (χ2n) is 2.04. The van der Waals surface area contributed by atoms with E-state index in [1.165, 1.54) is 5.70 Å². The summed E-state index contributed by atoms with van der Waals surface area (Å²) in [6.07, 6.45) is 3.27. The van der Waals surface area contributed by atoms with Crippen LogP contribution in [0.4, 0.5) is 0 Å². The highest BCUT2D eigenvalue weighted by Crippen LogP contribution is 1.95. The molecule has 0 saturated heterocycles. The Morgan fingerprint density at radius 3 is 2.18 bits per heavy atom. The summed E-state index contributed by atoms with van der Waals surface area (Å²) < 4.78 is 0. The third-order valence-electron chi connectivity index (χ3n) is 1.36. The highest BCUT2D eigenvalue weighted by atomic mass is 15.5. The molecule has 0 unspecified atom stereocenters. The van der Waals surface area contributed by atoms with E-state index in [-0.39, 0.29) is 0 Å². The second-order valence-corrected chi connectivity index (χ2v) is 2.04. The lowest BCUT2D eigenvalue weighted by molar-refractivity contribution is 0.332. The molecule has 0 aliphatic rings. The van der Waals surface area contributed by atoms with Gasteiger partial charge in [0.05, 0.1) is 0 Å². The molecule has 0 amide bonds. The van der Waals surface area contributed by atoms with Gasteiger partial charge in [0.15, 0.2) is 0 Å². The van der Waals surface area contributed by atoms with Crippen LogP contribution >= 0.6 is 0 Å². The summed E-state index contributed by atoms with van der Waals surface area (Å²) in [6, 6.07) is 0. The van der Waals surface area contributed by atoms with Crippen LogP contribution in [0.15, 0.2) is 11.8 Å². The number of hydrogen-bond donors (Lipinski definition) is 1. The van der Waals surface area contributed by atoms with Gasteiger partial charge in [0.2, 0.25) is 0 Å². The maximum atomic E-state index is 3.01. The summed E-state index contributed by atoms with van der Waals surface area (Å²) in [5.41, 5.74) is 4.28. The molecule has 0 rings (SSSR count). The van der Waals surface area contributed by atoms with E-state index in [0.29, 0.717) is 0 Å². The van der Waals surface area contributed by atoms with Gasteiger partial charge in [-0.05, 0) is 13.3 Å². The number of nitrogens with one attached hydrogen (secondary N) is 1. The Morgan fingerprint density at radius 1 is 1.45 bits per heavy atom. The Hall–Kier alpha value is -0.500. The van der Waals surface area contributed by atoms with Gasteiger partial charge in [0.1, 0.15) is 0 Å². The first-order valence-electron chi connectivity index (χ1n) is 4.30. The minimum atomic E-state index is 1.10. The summed E-state index contributed by atoms with van der Waals surface area (Å²) in [5.74, 6) is 0. The van der Waals surface area contributed by atoms with Crippen molar-refractivity contribution in [1.82, 2.24) is 10.4 Å². The van der Waals surface area contributed by atoms with E-state index < -0.39 is 0 Å². The molecule has 0 saturated carbocycles. The zero-order valence-electron chi connectivity index (χ0n) is 8.73. The van der Waals surface area contributed by atoms with Crippen LogP contribution in [0, 0.1) is 0 Å². The fraction of sp³-hybridized carbons (Fsp3) is 0.778. The minimum absolute atomic E-state index is 1.10. The van der Waals surface area contributed by atoms with Crippen LogP contribution in [-0.2, 0) is 0 Å².